The van der Waals surface area contributed by atoms with Gasteiger partial charge in [-0.05, 0) is 49.7 Å². The fourth-order valence-corrected chi connectivity index (χ4v) is 5.00. The monoisotopic (exact) mass is 489 g/mol. The van der Waals surface area contributed by atoms with Crippen molar-refractivity contribution in [2.45, 2.75) is 25.9 Å². The van der Waals surface area contributed by atoms with Crippen molar-refractivity contribution in [3.8, 4) is 28.4 Å². The van der Waals surface area contributed by atoms with E-state index in [4.69, 9.17) is 18.9 Å². The minimum atomic E-state index is -0.729. The SMILES string of the molecule is COCOc1ccc(-c2ccc3c4c2CN(c2ccccc2OC)CN4C(=O)C(C)(C)N3)c(OC)c1. The van der Waals surface area contributed by atoms with Crippen LogP contribution in [0.15, 0.2) is 54.6 Å². The molecule has 1 amide bonds. The van der Waals surface area contributed by atoms with E-state index in [1.165, 1.54) is 0 Å². The first-order valence-electron chi connectivity index (χ1n) is 11.8. The van der Waals surface area contributed by atoms with E-state index in [0.717, 1.165) is 39.5 Å². The van der Waals surface area contributed by atoms with Crippen LogP contribution in [0.3, 0.4) is 0 Å². The zero-order valence-corrected chi connectivity index (χ0v) is 21.3. The molecule has 0 spiro atoms. The molecule has 0 aromatic heterocycles. The van der Waals surface area contributed by atoms with E-state index in [2.05, 4.69) is 16.3 Å². The molecule has 0 bridgehead atoms. The Hall–Kier alpha value is -3.91. The van der Waals surface area contributed by atoms with E-state index in [1.807, 2.05) is 67.3 Å². The average molecular weight is 490 g/mol. The maximum atomic E-state index is 13.6. The summed E-state index contributed by atoms with van der Waals surface area (Å²) in [6, 6.07) is 17.8. The Morgan fingerprint density at radius 2 is 1.69 bits per heavy atom. The lowest BCUT2D eigenvalue weighted by Crippen LogP contribution is -2.58. The number of hydrogen-bond donors (Lipinski definition) is 1. The van der Waals surface area contributed by atoms with Crippen molar-refractivity contribution < 1.29 is 23.7 Å². The number of carbonyl (C=O) groups is 1. The molecule has 5 rings (SSSR count). The molecule has 188 valence electrons. The first-order chi connectivity index (χ1) is 17.4. The number of amides is 1. The number of carbonyl (C=O) groups excluding carboxylic acids is 1. The number of nitrogens with one attached hydrogen (secondary N) is 1. The summed E-state index contributed by atoms with van der Waals surface area (Å²) in [5, 5.41) is 3.44. The Bertz CT molecular complexity index is 1310. The third-order valence-electron chi connectivity index (χ3n) is 6.67. The van der Waals surface area contributed by atoms with E-state index in [9.17, 15) is 4.79 Å². The molecule has 0 radical (unpaired) electrons. The van der Waals surface area contributed by atoms with Gasteiger partial charge in [0.1, 0.15) is 22.8 Å². The van der Waals surface area contributed by atoms with Crippen molar-refractivity contribution in [3.63, 3.8) is 0 Å². The van der Waals surface area contributed by atoms with E-state index < -0.39 is 5.54 Å². The van der Waals surface area contributed by atoms with E-state index in [-0.39, 0.29) is 12.7 Å². The van der Waals surface area contributed by atoms with Crippen molar-refractivity contribution in [3.05, 3.63) is 60.2 Å². The Morgan fingerprint density at radius 3 is 2.44 bits per heavy atom. The van der Waals surface area contributed by atoms with Crippen LogP contribution in [0.2, 0.25) is 0 Å². The molecule has 0 saturated heterocycles. The molecule has 0 saturated carbocycles. The van der Waals surface area contributed by atoms with Crippen LogP contribution in [0.25, 0.3) is 11.1 Å². The molecular formula is C28H31N3O5. The van der Waals surface area contributed by atoms with Gasteiger partial charge in [-0.2, -0.15) is 0 Å². The van der Waals surface area contributed by atoms with Gasteiger partial charge in [-0.25, -0.2) is 0 Å². The highest BCUT2D eigenvalue weighted by molar-refractivity contribution is 6.10. The number of nitrogens with zero attached hydrogens (tertiary/aromatic N) is 2. The number of para-hydroxylation sites is 2. The van der Waals surface area contributed by atoms with Crippen LogP contribution in [0.4, 0.5) is 17.1 Å². The van der Waals surface area contributed by atoms with Crippen LogP contribution < -0.4 is 29.3 Å². The topological polar surface area (TPSA) is 72.5 Å². The normalized spacial score (nSPS) is 15.8. The van der Waals surface area contributed by atoms with Crippen LogP contribution in [0.1, 0.15) is 19.4 Å². The first kappa shape index (κ1) is 23.8. The summed E-state index contributed by atoms with van der Waals surface area (Å²) in [5.74, 6) is 2.11. The third kappa shape index (κ3) is 3.97. The predicted molar refractivity (Wildman–Crippen MR) is 140 cm³/mol. The average Bonchev–Trinajstić information content (AvgIpc) is 2.90. The molecule has 2 aliphatic rings. The van der Waals surface area contributed by atoms with Crippen LogP contribution in [0, 0.1) is 0 Å². The Balaban J connectivity index is 1.67. The van der Waals surface area contributed by atoms with Crippen molar-refractivity contribution in [2.24, 2.45) is 0 Å². The fourth-order valence-electron chi connectivity index (χ4n) is 5.00. The minimum Gasteiger partial charge on any atom is -0.496 e. The lowest BCUT2D eigenvalue weighted by atomic mass is 9.90. The number of rotatable bonds is 7. The Labute approximate surface area is 211 Å². The maximum Gasteiger partial charge on any atom is 0.253 e. The van der Waals surface area contributed by atoms with Gasteiger partial charge >= 0.3 is 0 Å². The van der Waals surface area contributed by atoms with E-state index in [1.54, 1.807) is 21.3 Å². The smallest absolute Gasteiger partial charge is 0.253 e. The van der Waals surface area contributed by atoms with Gasteiger partial charge in [0.2, 0.25) is 0 Å². The van der Waals surface area contributed by atoms with Gasteiger partial charge in [-0.3, -0.25) is 9.69 Å². The molecule has 3 aromatic carbocycles. The second-order valence-corrected chi connectivity index (χ2v) is 9.40. The second kappa shape index (κ2) is 9.28. The standard InChI is InChI=1S/C28H31N3O5/c1-28(2)27(32)31-16-30(23-8-6-7-9-24(23)34-4)15-21-19(12-13-22(29-28)26(21)31)20-11-10-18(36-17-33-3)14-25(20)35-5/h6-14,29H,15-17H2,1-5H3. The molecular weight excluding hydrogens is 458 g/mol. The van der Waals surface area contributed by atoms with E-state index in [0.29, 0.717) is 24.7 Å². The highest BCUT2D eigenvalue weighted by atomic mass is 16.7. The van der Waals surface area contributed by atoms with Gasteiger partial charge in [0.15, 0.2) is 6.79 Å². The lowest BCUT2D eigenvalue weighted by molar-refractivity contribution is -0.122. The largest absolute Gasteiger partial charge is 0.496 e. The van der Waals surface area contributed by atoms with Crippen molar-refractivity contribution >= 4 is 23.0 Å². The summed E-state index contributed by atoms with van der Waals surface area (Å²) >= 11 is 0. The van der Waals surface area contributed by atoms with Crippen molar-refractivity contribution in [2.75, 3.05) is 49.9 Å². The summed E-state index contributed by atoms with van der Waals surface area (Å²) < 4.78 is 22.1. The van der Waals surface area contributed by atoms with Crippen LogP contribution in [0.5, 0.6) is 17.2 Å². The summed E-state index contributed by atoms with van der Waals surface area (Å²) in [4.78, 5) is 17.7. The molecule has 0 aliphatic carbocycles. The highest BCUT2D eigenvalue weighted by Crippen LogP contribution is 2.48. The van der Waals surface area contributed by atoms with Crippen LogP contribution in [-0.2, 0) is 16.1 Å². The summed E-state index contributed by atoms with van der Waals surface area (Å²) in [7, 11) is 4.89. The number of methoxy groups -OCH3 is 3. The fraction of sp³-hybridized carbons (Fsp3) is 0.321. The zero-order chi connectivity index (χ0) is 25.4. The second-order valence-electron chi connectivity index (χ2n) is 9.40. The van der Waals surface area contributed by atoms with Crippen LogP contribution >= 0.6 is 0 Å². The van der Waals surface area contributed by atoms with Crippen molar-refractivity contribution in [1.82, 2.24) is 0 Å². The van der Waals surface area contributed by atoms with Gasteiger partial charge in [-0.1, -0.05) is 18.2 Å². The molecule has 2 heterocycles. The Kier molecular flexibility index (Phi) is 6.14. The van der Waals surface area contributed by atoms with Gasteiger partial charge in [-0.15, -0.1) is 0 Å². The molecule has 8 heteroatoms. The molecule has 1 N–H and O–H groups in total. The summed E-state index contributed by atoms with van der Waals surface area (Å²) in [5.41, 5.74) is 4.99. The predicted octanol–water partition coefficient (Wildman–Crippen LogP) is 4.87. The molecule has 0 fully saturated rings. The van der Waals surface area contributed by atoms with Gasteiger partial charge in [0, 0.05) is 30.8 Å². The zero-order valence-electron chi connectivity index (χ0n) is 21.3. The van der Waals surface area contributed by atoms with Crippen molar-refractivity contribution in [1.29, 1.82) is 0 Å². The van der Waals surface area contributed by atoms with Gasteiger partial charge < -0.3 is 29.2 Å². The molecule has 0 unspecified atom stereocenters. The van der Waals surface area contributed by atoms with Gasteiger partial charge in [0.05, 0.1) is 38.0 Å². The van der Waals surface area contributed by atoms with Crippen LogP contribution in [-0.4, -0.2) is 46.2 Å². The third-order valence-corrected chi connectivity index (χ3v) is 6.67. The van der Waals surface area contributed by atoms with Gasteiger partial charge in [0.25, 0.3) is 5.91 Å². The summed E-state index contributed by atoms with van der Waals surface area (Å²) in [6.07, 6.45) is 0. The maximum absolute atomic E-state index is 13.6. The van der Waals surface area contributed by atoms with E-state index >= 15 is 0 Å². The minimum absolute atomic E-state index is 0.0169. The highest BCUT2D eigenvalue weighted by Gasteiger charge is 2.43. The Morgan fingerprint density at radius 1 is 0.944 bits per heavy atom. The molecule has 8 nitrogen and oxygen atoms in total. The summed E-state index contributed by atoms with van der Waals surface area (Å²) in [6.45, 7) is 4.99. The molecule has 2 aliphatic heterocycles. The lowest BCUT2D eigenvalue weighted by Gasteiger charge is -2.47. The number of anilines is 3. The number of benzene rings is 3. The molecule has 36 heavy (non-hydrogen) atoms. The molecule has 0 atom stereocenters. The quantitative estimate of drug-likeness (QED) is 0.475. The number of hydrogen-bond acceptors (Lipinski definition) is 7. The first-order valence-corrected chi connectivity index (χ1v) is 11.8. The number of ether oxygens (including phenoxy) is 4. The molecule has 3 aromatic rings.